The van der Waals surface area contributed by atoms with Gasteiger partial charge in [0.05, 0.1) is 4.88 Å². The lowest BCUT2D eigenvalue weighted by Crippen LogP contribution is -2.41. The lowest BCUT2D eigenvalue weighted by atomic mass is 10.1. The number of aliphatic carboxylic acids is 1. The molecule has 0 aromatic carbocycles. The van der Waals surface area contributed by atoms with E-state index >= 15 is 0 Å². The number of carboxylic acids is 1. The van der Waals surface area contributed by atoms with Crippen LogP contribution in [0.4, 0.5) is 0 Å². The van der Waals surface area contributed by atoms with Crippen molar-refractivity contribution in [1.29, 1.82) is 0 Å². The van der Waals surface area contributed by atoms with Gasteiger partial charge in [-0.05, 0) is 24.5 Å². The van der Waals surface area contributed by atoms with Crippen LogP contribution in [0.15, 0.2) is 6.07 Å². The van der Waals surface area contributed by atoms with Gasteiger partial charge in [-0.2, -0.15) is 0 Å². The van der Waals surface area contributed by atoms with Crippen molar-refractivity contribution in [3.8, 4) is 0 Å². The fourth-order valence-electron chi connectivity index (χ4n) is 2.02. The molecule has 3 N–H and O–H groups in total. The van der Waals surface area contributed by atoms with Gasteiger partial charge in [-0.25, -0.2) is 0 Å². The summed E-state index contributed by atoms with van der Waals surface area (Å²) < 4.78 is 0. The standard InChI is InChI=1S/C14H20N2O4S/c1-3-5-10-9(4-2)6-11(21-10)14(20)16(7-12(15)17)8-13(18)19/h6H,3-5,7-8H2,1-2H3,(H2,15,17)(H,18,19). The molecular weight excluding hydrogens is 292 g/mol. The summed E-state index contributed by atoms with van der Waals surface area (Å²) in [6.07, 6.45) is 2.67. The van der Waals surface area contributed by atoms with E-state index < -0.39 is 30.9 Å². The number of hydrogen-bond acceptors (Lipinski definition) is 4. The van der Waals surface area contributed by atoms with E-state index in [1.54, 1.807) is 6.07 Å². The van der Waals surface area contributed by atoms with E-state index in [4.69, 9.17) is 10.8 Å². The molecule has 0 atom stereocenters. The van der Waals surface area contributed by atoms with Gasteiger partial charge in [-0.15, -0.1) is 11.3 Å². The van der Waals surface area contributed by atoms with Crippen LogP contribution in [0.25, 0.3) is 0 Å². The molecule has 1 rings (SSSR count). The number of rotatable bonds is 8. The number of primary amides is 1. The number of carbonyl (C=O) groups is 3. The third kappa shape index (κ3) is 4.86. The Kier molecular flexibility index (Phi) is 6.36. The third-order valence-corrected chi connectivity index (χ3v) is 4.15. The minimum atomic E-state index is -1.18. The average Bonchev–Trinajstić information content (AvgIpc) is 2.79. The number of amides is 2. The van der Waals surface area contributed by atoms with Crippen LogP contribution >= 0.6 is 11.3 Å². The smallest absolute Gasteiger partial charge is 0.323 e. The molecule has 2 amide bonds. The summed E-state index contributed by atoms with van der Waals surface area (Å²) >= 11 is 1.36. The topological polar surface area (TPSA) is 101 Å². The summed E-state index contributed by atoms with van der Waals surface area (Å²) in [5.41, 5.74) is 6.17. The minimum absolute atomic E-state index is 0.395. The second kappa shape index (κ2) is 7.78. The van der Waals surface area contributed by atoms with E-state index in [1.165, 1.54) is 11.3 Å². The molecule has 1 aromatic heterocycles. The molecule has 1 heterocycles. The van der Waals surface area contributed by atoms with Crippen molar-refractivity contribution < 1.29 is 19.5 Å². The summed E-state index contributed by atoms with van der Waals surface area (Å²) in [6, 6.07) is 1.79. The molecule has 0 aliphatic rings. The number of aryl methyl sites for hydroxylation is 2. The molecule has 0 unspecified atom stereocenters. The summed E-state index contributed by atoms with van der Waals surface area (Å²) in [5.74, 6) is -2.37. The van der Waals surface area contributed by atoms with E-state index in [2.05, 4.69) is 6.92 Å². The number of hydrogen-bond donors (Lipinski definition) is 2. The van der Waals surface area contributed by atoms with Gasteiger partial charge in [0, 0.05) is 4.88 Å². The van der Waals surface area contributed by atoms with Gasteiger partial charge < -0.3 is 15.7 Å². The van der Waals surface area contributed by atoms with Crippen LogP contribution in [0.3, 0.4) is 0 Å². The highest BCUT2D eigenvalue weighted by molar-refractivity contribution is 7.14. The van der Waals surface area contributed by atoms with Crippen molar-refractivity contribution in [2.75, 3.05) is 13.1 Å². The third-order valence-electron chi connectivity index (χ3n) is 2.93. The van der Waals surface area contributed by atoms with Gasteiger partial charge in [0.25, 0.3) is 5.91 Å². The lowest BCUT2D eigenvalue weighted by molar-refractivity contribution is -0.138. The van der Waals surface area contributed by atoms with Crippen LogP contribution in [0.1, 0.15) is 40.4 Å². The zero-order chi connectivity index (χ0) is 16.0. The Hall–Kier alpha value is -1.89. The highest BCUT2D eigenvalue weighted by Crippen LogP contribution is 2.25. The monoisotopic (exact) mass is 312 g/mol. The van der Waals surface area contributed by atoms with E-state index in [9.17, 15) is 14.4 Å². The predicted molar refractivity (Wildman–Crippen MR) is 80.4 cm³/mol. The molecule has 0 saturated carbocycles. The minimum Gasteiger partial charge on any atom is -0.480 e. The zero-order valence-corrected chi connectivity index (χ0v) is 13.0. The average molecular weight is 312 g/mol. The van der Waals surface area contributed by atoms with Crippen LogP contribution in [0, 0.1) is 0 Å². The van der Waals surface area contributed by atoms with Gasteiger partial charge in [-0.1, -0.05) is 20.3 Å². The Morgan fingerprint density at radius 1 is 1.29 bits per heavy atom. The van der Waals surface area contributed by atoms with Crippen LogP contribution in [0.5, 0.6) is 0 Å². The van der Waals surface area contributed by atoms with Crippen molar-refractivity contribution in [3.63, 3.8) is 0 Å². The van der Waals surface area contributed by atoms with Gasteiger partial charge in [-0.3, -0.25) is 14.4 Å². The maximum Gasteiger partial charge on any atom is 0.323 e. The molecular formula is C14H20N2O4S. The maximum atomic E-state index is 12.4. The Labute approximate surface area is 127 Å². The van der Waals surface area contributed by atoms with Crippen LogP contribution < -0.4 is 5.73 Å². The van der Waals surface area contributed by atoms with Crippen molar-refractivity contribution in [1.82, 2.24) is 4.90 Å². The first-order valence-electron chi connectivity index (χ1n) is 6.79. The van der Waals surface area contributed by atoms with Crippen LogP contribution in [0.2, 0.25) is 0 Å². The quantitative estimate of drug-likeness (QED) is 0.755. The Bertz CT molecular complexity index is 523. The largest absolute Gasteiger partial charge is 0.480 e. The molecule has 6 nitrogen and oxygen atoms in total. The van der Waals surface area contributed by atoms with Crippen LogP contribution in [-0.2, 0) is 22.4 Å². The number of thiophene rings is 1. The summed E-state index contributed by atoms with van der Waals surface area (Å²) in [4.78, 5) is 36.7. The number of nitrogens with two attached hydrogens (primary N) is 1. The van der Waals surface area contributed by atoms with E-state index in [0.29, 0.717) is 4.88 Å². The first-order chi connectivity index (χ1) is 9.88. The highest BCUT2D eigenvalue weighted by Gasteiger charge is 2.23. The second-order valence-corrected chi connectivity index (χ2v) is 5.82. The summed E-state index contributed by atoms with van der Waals surface area (Å²) in [7, 11) is 0. The van der Waals surface area contributed by atoms with Crippen molar-refractivity contribution in [2.24, 2.45) is 5.73 Å². The van der Waals surface area contributed by atoms with Crippen LogP contribution in [-0.4, -0.2) is 40.9 Å². The van der Waals surface area contributed by atoms with Gasteiger partial charge in [0.1, 0.15) is 13.1 Å². The molecule has 0 spiro atoms. The molecule has 0 aliphatic heterocycles. The van der Waals surface area contributed by atoms with Crippen molar-refractivity contribution in [2.45, 2.75) is 33.1 Å². The maximum absolute atomic E-state index is 12.4. The second-order valence-electron chi connectivity index (χ2n) is 4.68. The van der Waals surface area contributed by atoms with E-state index in [-0.39, 0.29) is 0 Å². The normalized spacial score (nSPS) is 10.4. The van der Waals surface area contributed by atoms with Gasteiger partial charge in [0.15, 0.2) is 0 Å². The molecule has 21 heavy (non-hydrogen) atoms. The molecule has 1 aromatic rings. The number of carboxylic acid groups (broad SMARTS) is 1. The molecule has 0 radical (unpaired) electrons. The zero-order valence-electron chi connectivity index (χ0n) is 12.2. The lowest BCUT2D eigenvalue weighted by Gasteiger charge is -2.17. The molecule has 0 fully saturated rings. The Balaban J connectivity index is 3.01. The fourth-order valence-corrected chi connectivity index (χ4v) is 3.34. The first kappa shape index (κ1) is 17.2. The SMILES string of the molecule is CCCc1sc(C(=O)N(CC(N)=O)CC(=O)O)cc1CC. The molecule has 7 heteroatoms. The number of nitrogens with zero attached hydrogens (tertiary/aromatic N) is 1. The first-order valence-corrected chi connectivity index (χ1v) is 7.61. The Morgan fingerprint density at radius 3 is 2.43 bits per heavy atom. The van der Waals surface area contributed by atoms with Crippen molar-refractivity contribution >= 4 is 29.1 Å². The predicted octanol–water partition coefficient (Wildman–Crippen LogP) is 1.28. The van der Waals surface area contributed by atoms with E-state index in [1.807, 2.05) is 6.92 Å². The summed E-state index contributed by atoms with van der Waals surface area (Å²) in [6.45, 7) is 3.14. The van der Waals surface area contributed by atoms with Crippen molar-refractivity contribution in [3.05, 3.63) is 21.4 Å². The van der Waals surface area contributed by atoms with Gasteiger partial charge in [0.2, 0.25) is 5.91 Å². The fraction of sp³-hybridized carbons (Fsp3) is 0.500. The van der Waals surface area contributed by atoms with Gasteiger partial charge >= 0.3 is 5.97 Å². The number of carbonyl (C=O) groups excluding carboxylic acids is 2. The summed E-state index contributed by atoms with van der Waals surface area (Å²) in [5, 5.41) is 8.84. The molecule has 0 aliphatic carbocycles. The van der Waals surface area contributed by atoms with E-state index in [0.717, 1.165) is 34.6 Å². The Morgan fingerprint density at radius 2 is 1.95 bits per heavy atom. The highest BCUT2D eigenvalue weighted by atomic mass is 32.1. The molecule has 116 valence electrons. The molecule has 0 bridgehead atoms. The molecule has 0 saturated heterocycles.